The van der Waals surface area contributed by atoms with E-state index in [1.807, 2.05) is 0 Å². The molecule has 1 saturated heterocycles. The predicted octanol–water partition coefficient (Wildman–Crippen LogP) is 4.69. The number of ketones is 1. The molecule has 8 nitrogen and oxygen atoms in total. The molecule has 0 saturated carbocycles. The van der Waals surface area contributed by atoms with Crippen molar-refractivity contribution in [3.63, 3.8) is 0 Å². The highest BCUT2D eigenvalue weighted by Crippen LogP contribution is 2.51. The highest BCUT2D eigenvalue weighted by molar-refractivity contribution is 9.12. The number of pyridine rings is 1. The number of hydrogen-bond donors (Lipinski definition) is 2. The predicted molar refractivity (Wildman–Crippen MR) is 139 cm³/mol. The van der Waals surface area contributed by atoms with Crippen LogP contribution in [0.3, 0.4) is 0 Å². The first-order valence-corrected chi connectivity index (χ1v) is 13.0. The van der Waals surface area contributed by atoms with Gasteiger partial charge < -0.3 is 20.1 Å². The lowest BCUT2D eigenvalue weighted by atomic mass is 9.66. The zero-order valence-electron chi connectivity index (χ0n) is 19.4. The van der Waals surface area contributed by atoms with Crippen LogP contribution >= 0.6 is 39.1 Å². The van der Waals surface area contributed by atoms with Crippen LogP contribution in [-0.2, 0) is 25.5 Å². The van der Waals surface area contributed by atoms with Crippen LogP contribution in [0.25, 0.3) is 0 Å². The second kappa shape index (κ2) is 11.3. The fourth-order valence-corrected chi connectivity index (χ4v) is 5.78. The van der Waals surface area contributed by atoms with Crippen molar-refractivity contribution in [1.82, 2.24) is 10.3 Å². The van der Waals surface area contributed by atoms with E-state index in [1.165, 1.54) is 12.4 Å². The summed E-state index contributed by atoms with van der Waals surface area (Å²) in [6, 6.07) is 6.36. The Morgan fingerprint density at radius 2 is 1.81 bits per heavy atom. The maximum absolute atomic E-state index is 12.8. The van der Waals surface area contributed by atoms with E-state index >= 15 is 0 Å². The van der Waals surface area contributed by atoms with Crippen molar-refractivity contribution >= 4 is 62.5 Å². The zero-order chi connectivity index (χ0) is 25.9. The second-order valence-electron chi connectivity index (χ2n) is 8.49. The third-order valence-electron chi connectivity index (χ3n) is 6.30. The standard InChI is InChI=1S/C25H24BrCl2N3O5/c1-2-36-24(34)18(31-21-20(26)22(32)25(21)7-9-35-10-8-25)11-14-3-5-15(6-4-14)30-23(33)19-16(27)12-29-13-17(19)28/h3-6,12-13,18,31H,2,7-11H2,1H3,(H,30,33)/t18-/m0/s1. The first-order chi connectivity index (χ1) is 17.3. The number of aromatic nitrogens is 1. The normalized spacial score (nSPS) is 17.4. The molecule has 1 aliphatic carbocycles. The van der Waals surface area contributed by atoms with Gasteiger partial charge in [-0.2, -0.15) is 0 Å². The van der Waals surface area contributed by atoms with Gasteiger partial charge in [-0.15, -0.1) is 0 Å². The van der Waals surface area contributed by atoms with E-state index in [2.05, 4.69) is 31.5 Å². The van der Waals surface area contributed by atoms with Crippen LogP contribution in [0, 0.1) is 5.41 Å². The lowest BCUT2D eigenvalue weighted by Crippen LogP contribution is -2.55. The smallest absolute Gasteiger partial charge is 0.328 e. The molecule has 0 radical (unpaired) electrons. The Bertz CT molecular complexity index is 1190. The number of esters is 1. The van der Waals surface area contributed by atoms with Gasteiger partial charge >= 0.3 is 5.97 Å². The number of nitrogens with zero attached hydrogens (tertiary/aromatic N) is 1. The molecule has 4 rings (SSSR count). The Labute approximate surface area is 226 Å². The number of nitrogens with one attached hydrogen (secondary N) is 2. The van der Waals surface area contributed by atoms with E-state index < -0.39 is 23.3 Å². The van der Waals surface area contributed by atoms with E-state index in [9.17, 15) is 14.4 Å². The van der Waals surface area contributed by atoms with E-state index in [1.54, 1.807) is 31.2 Å². The van der Waals surface area contributed by atoms with Gasteiger partial charge in [0.1, 0.15) is 6.04 Å². The van der Waals surface area contributed by atoms with Gasteiger partial charge in [0, 0.05) is 43.4 Å². The number of anilines is 1. The molecule has 1 aromatic heterocycles. The van der Waals surface area contributed by atoms with Crippen LogP contribution in [-0.4, -0.2) is 48.5 Å². The first kappa shape index (κ1) is 26.6. The minimum absolute atomic E-state index is 0.0328. The van der Waals surface area contributed by atoms with E-state index in [0.29, 0.717) is 42.6 Å². The Kier molecular flexibility index (Phi) is 8.34. The number of hydrogen-bond acceptors (Lipinski definition) is 7. The van der Waals surface area contributed by atoms with Gasteiger partial charge in [-0.1, -0.05) is 35.3 Å². The second-order valence-corrected chi connectivity index (χ2v) is 10.1. The van der Waals surface area contributed by atoms with Crippen LogP contribution < -0.4 is 10.6 Å². The zero-order valence-corrected chi connectivity index (χ0v) is 22.5. The molecule has 1 amide bonds. The summed E-state index contributed by atoms with van der Waals surface area (Å²) in [7, 11) is 0. The topological polar surface area (TPSA) is 107 Å². The third-order valence-corrected chi connectivity index (χ3v) is 7.63. The van der Waals surface area contributed by atoms with Gasteiger partial charge in [0.2, 0.25) is 0 Å². The van der Waals surface area contributed by atoms with Crippen molar-refractivity contribution in [3.05, 3.63) is 68.0 Å². The molecule has 1 fully saturated rings. The number of allylic oxidation sites excluding steroid dienone is 2. The maximum atomic E-state index is 12.8. The molecular weight excluding hydrogens is 573 g/mol. The Balaban J connectivity index is 1.48. The van der Waals surface area contributed by atoms with Crippen molar-refractivity contribution in [2.45, 2.75) is 32.2 Å². The highest BCUT2D eigenvalue weighted by Gasteiger charge is 2.54. The summed E-state index contributed by atoms with van der Waals surface area (Å²) in [5, 5.41) is 6.34. The Morgan fingerprint density at radius 3 is 2.42 bits per heavy atom. The Hall–Kier alpha value is -2.46. The van der Waals surface area contributed by atoms with Crippen molar-refractivity contribution in [3.8, 4) is 0 Å². The summed E-state index contributed by atoms with van der Waals surface area (Å²) in [5.74, 6) is -0.837. The number of rotatable bonds is 8. The molecule has 1 spiro atoms. The van der Waals surface area contributed by atoms with E-state index in [0.717, 1.165) is 11.3 Å². The number of carbonyl (C=O) groups is 3. The number of Topliss-reactive ketones (excluding diaryl/α,β-unsaturated/α-hetero) is 1. The molecule has 2 heterocycles. The SMILES string of the molecule is CCOC(=O)[C@H](Cc1ccc(NC(=O)c2c(Cl)cncc2Cl)cc1)NC1=C(Br)C(=O)C12CCOCC2. The lowest BCUT2D eigenvalue weighted by Gasteiger charge is -2.46. The molecule has 2 aromatic rings. The molecule has 0 unspecified atom stereocenters. The highest BCUT2D eigenvalue weighted by atomic mass is 79.9. The van der Waals surface area contributed by atoms with Gasteiger partial charge in [0.25, 0.3) is 5.91 Å². The fourth-order valence-electron chi connectivity index (χ4n) is 4.38. The molecule has 0 bridgehead atoms. The van der Waals surface area contributed by atoms with Crippen LogP contribution in [0.5, 0.6) is 0 Å². The summed E-state index contributed by atoms with van der Waals surface area (Å²) in [5.41, 5.74) is 1.58. The molecule has 1 atom stereocenters. The summed E-state index contributed by atoms with van der Waals surface area (Å²) in [6.07, 6.45) is 4.15. The van der Waals surface area contributed by atoms with Crippen molar-refractivity contribution < 1.29 is 23.9 Å². The summed E-state index contributed by atoms with van der Waals surface area (Å²) < 4.78 is 11.2. The van der Waals surface area contributed by atoms with Gasteiger partial charge in [-0.3, -0.25) is 14.6 Å². The van der Waals surface area contributed by atoms with Crippen LogP contribution in [0.1, 0.15) is 35.7 Å². The number of ether oxygens (including phenoxy) is 2. The summed E-state index contributed by atoms with van der Waals surface area (Å²) >= 11 is 15.5. The lowest BCUT2D eigenvalue weighted by molar-refractivity contribution is -0.146. The van der Waals surface area contributed by atoms with Crippen LogP contribution in [0.2, 0.25) is 10.0 Å². The maximum Gasteiger partial charge on any atom is 0.328 e. The summed E-state index contributed by atoms with van der Waals surface area (Å²) in [4.78, 5) is 41.9. The van der Waals surface area contributed by atoms with Crippen LogP contribution in [0.4, 0.5) is 5.69 Å². The fraction of sp³-hybridized carbons (Fsp3) is 0.360. The number of amides is 1. The van der Waals surface area contributed by atoms with Gasteiger partial charge in [-0.25, -0.2) is 4.79 Å². The molecule has 1 aliphatic heterocycles. The van der Waals surface area contributed by atoms with E-state index in [-0.39, 0.29) is 28.0 Å². The van der Waals surface area contributed by atoms with Crippen molar-refractivity contribution in [2.75, 3.05) is 25.1 Å². The minimum atomic E-state index is -0.699. The largest absolute Gasteiger partial charge is 0.464 e. The molecule has 36 heavy (non-hydrogen) atoms. The van der Waals surface area contributed by atoms with Crippen molar-refractivity contribution in [2.24, 2.45) is 5.41 Å². The quantitative estimate of drug-likeness (QED) is 0.426. The third kappa shape index (κ3) is 5.29. The minimum Gasteiger partial charge on any atom is -0.464 e. The van der Waals surface area contributed by atoms with Gasteiger partial charge in [0.05, 0.1) is 32.1 Å². The molecular formula is C25H24BrCl2N3O5. The van der Waals surface area contributed by atoms with Crippen LogP contribution in [0.15, 0.2) is 46.8 Å². The average molecular weight is 597 g/mol. The number of carbonyl (C=O) groups excluding carboxylic acids is 3. The molecule has 190 valence electrons. The first-order valence-electron chi connectivity index (χ1n) is 11.4. The average Bonchev–Trinajstić information content (AvgIpc) is 2.87. The van der Waals surface area contributed by atoms with Gasteiger partial charge in [-0.05, 0) is 53.4 Å². The molecule has 2 N–H and O–H groups in total. The molecule has 11 heteroatoms. The monoisotopic (exact) mass is 595 g/mol. The number of halogens is 3. The summed E-state index contributed by atoms with van der Waals surface area (Å²) in [6.45, 7) is 2.96. The molecule has 2 aliphatic rings. The Morgan fingerprint density at radius 1 is 1.17 bits per heavy atom. The molecule has 1 aromatic carbocycles. The van der Waals surface area contributed by atoms with Gasteiger partial charge in [0.15, 0.2) is 5.78 Å². The van der Waals surface area contributed by atoms with E-state index in [4.69, 9.17) is 32.7 Å². The number of benzene rings is 1. The van der Waals surface area contributed by atoms with Crippen molar-refractivity contribution in [1.29, 1.82) is 0 Å².